The van der Waals surface area contributed by atoms with Gasteiger partial charge in [0.15, 0.2) is 0 Å². The van der Waals surface area contributed by atoms with Crippen LogP contribution in [0.15, 0.2) is 82.8 Å². The van der Waals surface area contributed by atoms with Crippen LogP contribution in [0.25, 0.3) is 0 Å². The minimum Gasteiger partial charge on any atom is -0.497 e. The summed E-state index contributed by atoms with van der Waals surface area (Å²) in [5, 5.41) is 15.4. The Hall–Kier alpha value is -4.71. The van der Waals surface area contributed by atoms with Crippen LogP contribution in [0.3, 0.4) is 0 Å². The highest BCUT2D eigenvalue weighted by Crippen LogP contribution is 2.26. The summed E-state index contributed by atoms with van der Waals surface area (Å²) in [6, 6.07) is 17.5. The first kappa shape index (κ1) is 26.9. The average Bonchev–Trinajstić information content (AvgIpc) is 2.87. The molecule has 0 bridgehead atoms. The SMILES string of the molecule is COc1ccc(N(CC(=O)NN=Cc2ccc(C(=O)O)cc2)S(=O)(=O)c2ccc(NC(C)=O)cc2)cc1. The van der Waals surface area contributed by atoms with Gasteiger partial charge in [0.05, 0.1) is 29.5 Å². The van der Waals surface area contributed by atoms with Gasteiger partial charge in [0.1, 0.15) is 12.3 Å². The number of hydrogen-bond donors (Lipinski definition) is 3. The van der Waals surface area contributed by atoms with Crippen molar-refractivity contribution in [3.8, 4) is 5.75 Å². The number of carbonyl (C=O) groups excluding carboxylic acids is 2. The third-order valence-corrected chi connectivity index (χ3v) is 6.76. The van der Waals surface area contributed by atoms with Gasteiger partial charge in [-0.05, 0) is 66.2 Å². The first-order valence-electron chi connectivity index (χ1n) is 10.8. The van der Waals surface area contributed by atoms with Gasteiger partial charge in [-0.25, -0.2) is 18.6 Å². The minimum atomic E-state index is -4.19. The first-order valence-corrected chi connectivity index (χ1v) is 12.2. The number of methoxy groups -OCH3 is 1. The maximum Gasteiger partial charge on any atom is 0.335 e. The third-order valence-electron chi connectivity index (χ3n) is 4.97. The number of ether oxygens (including phenoxy) is 1. The van der Waals surface area contributed by atoms with Crippen LogP contribution in [0.1, 0.15) is 22.8 Å². The maximum atomic E-state index is 13.5. The molecule has 0 atom stereocenters. The van der Waals surface area contributed by atoms with Gasteiger partial charge in [-0.1, -0.05) is 12.1 Å². The second-order valence-corrected chi connectivity index (χ2v) is 9.50. The van der Waals surface area contributed by atoms with Crippen LogP contribution in [0, 0.1) is 0 Å². The van der Waals surface area contributed by atoms with Gasteiger partial charge in [0, 0.05) is 12.6 Å². The zero-order valence-corrected chi connectivity index (χ0v) is 20.7. The molecule has 0 aromatic heterocycles. The summed E-state index contributed by atoms with van der Waals surface area (Å²) >= 11 is 0. The Kier molecular flexibility index (Phi) is 8.59. The Morgan fingerprint density at radius 3 is 2.14 bits per heavy atom. The molecule has 12 heteroatoms. The van der Waals surface area contributed by atoms with E-state index in [1.165, 1.54) is 80.9 Å². The molecule has 0 aliphatic carbocycles. The molecule has 3 rings (SSSR count). The highest BCUT2D eigenvalue weighted by molar-refractivity contribution is 7.92. The monoisotopic (exact) mass is 524 g/mol. The summed E-state index contributed by atoms with van der Waals surface area (Å²) in [7, 11) is -2.72. The van der Waals surface area contributed by atoms with Crippen molar-refractivity contribution >= 4 is 45.4 Å². The standard InChI is InChI=1S/C25H24N4O7S/c1-17(30)27-20-7-13-23(14-8-20)37(34,35)29(21-9-11-22(36-2)12-10-21)16-24(31)28-26-15-18-3-5-19(6-4-18)25(32)33/h3-15H,16H2,1-2H3,(H,27,30)(H,28,31)(H,32,33). The molecular weight excluding hydrogens is 500 g/mol. The van der Waals surface area contributed by atoms with E-state index in [0.29, 0.717) is 17.0 Å². The molecule has 0 fully saturated rings. The number of carbonyl (C=O) groups is 3. The van der Waals surface area contributed by atoms with Crippen LogP contribution in [0.4, 0.5) is 11.4 Å². The Morgan fingerprint density at radius 2 is 1.59 bits per heavy atom. The second-order valence-electron chi connectivity index (χ2n) is 7.64. The van der Waals surface area contributed by atoms with Crippen molar-refractivity contribution in [1.82, 2.24) is 5.43 Å². The van der Waals surface area contributed by atoms with E-state index in [-0.39, 0.29) is 22.1 Å². The topological polar surface area (TPSA) is 154 Å². The van der Waals surface area contributed by atoms with E-state index in [1.807, 2.05) is 0 Å². The van der Waals surface area contributed by atoms with Crippen LogP contribution in [-0.2, 0) is 19.6 Å². The Labute approximate surface area is 213 Å². The third kappa shape index (κ3) is 7.15. The molecule has 192 valence electrons. The van der Waals surface area contributed by atoms with Gasteiger partial charge in [-0.3, -0.25) is 13.9 Å². The molecule has 11 nitrogen and oxygen atoms in total. The van der Waals surface area contributed by atoms with Crippen LogP contribution in [0.5, 0.6) is 5.75 Å². The second kappa shape index (κ2) is 11.8. The molecule has 0 aliphatic rings. The zero-order chi connectivity index (χ0) is 27.0. The maximum absolute atomic E-state index is 13.5. The molecule has 0 saturated heterocycles. The number of amides is 2. The molecule has 3 N–H and O–H groups in total. The fourth-order valence-corrected chi connectivity index (χ4v) is 4.58. The van der Waals surface area contributed by atoms with E-state index in [2.05, 4.69) is 15.8 Å². The summed E-state index contributed by atoms with van der Waals surface area (Å²) in [6.45, 7) is 0.750. The van der Waals surface area contributed by atoms with Crippen molar-refractivity contribution < 1.29 is 32.6 Å². The van der Waals surface area contributed by atoms with Crippen LogP contribution >= 0.6 is 0 Å². The van der Waals surface area contributed by atoms with E-state index >= 15 is 0 Å². The van der Waals surface area contributed by atoms with Gasteiger partial charge >= 0.3 is 5.97 Å². The van der Waals surface area contributed by atoms with Crippen LogP contribution < -0.4 is 19.8 Å². The molecule has 37 heavy (non-hydrogen) atoms. The van der Waals surface area contributed by atoms with Crippen molar-refractivity contribution in [2.24, 2.45) is 5.10 Å². The predicted molar refractivity (Wildman–Crippen MR) is 137 cm³/mol. The van der Waals surface area contributed by atoms with Gasteiger partial charge in [0.2, 0.25) is 5.91 Å². The normalized spacial score (nSPS) is 11.1. The molecule has 3 aromatic carbocycles. The lowest BCUT2D eigenvalue weighted by molar-refractivity contribution is -0.119. The number of nitrogens with one attached hydrogen (secondary N) is 2. The van der Waals surface area contributed by atoms with Crippen molar-refractivity contribution in [2.45, 2.75) is 11.8 Å². The quantitative estimate of drug-likeness (QED) is 0.272. The van der Waals surface area contributed by atoms with Gasteiger partial charge < -0.3 is 15.2 Å². The lowest BCUT2D eigenvalue weighted by atomic mass is 10.1. The Balaban J connectivity index is 1.82. The van der Waals surface area contributed by atoms with Gasteiger partial charge in [0.25, 0.3) is 15.9 Å². The van der Waals surface area contributed by atoms with E-state index in [4.69, 9.17) is 9.84 Å². The molecule has 0 heterocycles. The van der Waals surface area contributed by atoms with Crippen molar-refractivity contribution in [3.63, 3.8) is 0 Å². The molecule has 0 radical (unpaired) electrons. The van der Waals surface area contributed by atoms with Crippen LogP contribution in [0.2, 0.25) is 0 Å². The van der Waals surface area contributed by atoms with E-state index in [0.717, 1.165) is 4.31 Å². The number of sulfonamides is 1. The molecular formula is C25H24N4O7S. The van der Waals surface area contributed by atoms with Gasteiger partial charge in [-0.2, -0.15) is 5.10 Å². The molecule has 0 unspecified atom stereocenters. The number of rotatable bonds is 10. The molecule has 2 amide bonds. The van der Waals surface area contributed by atoms with Crippen LogP contribution in [-0.4, -0.2) is 51.2 Å². The number of carboxylic acids is 1. The first-order chi connectivity index (χ1) is 17.6. The number of aromatic carboxylic acids is 1. The number of hydrazone groups is 1. The van der Waals surface area contributed by atoms with Gasteiger partial charge in [-0.15, -0.1) is 0 Å². The fourth-order valence-electron chi connectivity index (χ4n) is 3.16. The Morgan fingerprint density at radius 1 is 0.973 bits per heavy atom. The number of anilines is 2. The highest BCUT2D eigenvalue weighted by atomic mass is 32.2. The van der Waals surface area contributed by atoms with E-state index in [9.17, 15) is 22.8 Å². The highest BCUT2D eigenvalue weighted by Gasteiger charge is 2.27. The number of benzene rings is 3. The molecule has 0 aliphatic heterocycles. The number of hydrogen-bond acceptors (Lipinski definition) is 7. The lowest BCUT2D eigenvalue weighted by Crippen LogP contribution is -2.39. The fraction of sp³-hybridized carbons (Fsp3) is 0.120. The number of nitrogens with zero attached hydrogens (tertiary/aromatic N) is 2. The Bertz CT molecular complexity index is 1400. The summed E-state index contributed by atoms with van der Waals surface area (Å²) < 4.78 is 33.0. The minimum absolute atomic E-state index is 0.0905. The summed E-state index contributed by atoms with van der Waals surface area (Å²) in [6.07, 6.45) is 1.30. The van der Waals surface area contributed by atoms with E-state index in [1.54, 1.807) is 12.1 Å². The summed E-state index contributed by atoms with van der Waals surface area (Å²) in [4.78, 5) is 34.8. The van der Waals surface area contributed by atoms with Crippen molar-refractivity contribution in [2.75, 3.05) is 23.3 Å². The predicted octanol–water partition coefficient (Wildman–Crippen LogP) is 2.70. The summed E-state index contributed by atoms with van der Waals surface area (Å²) in [5.74, 6) is -1.58. The molecule has 0 spiro atoms. The molecule has 0 saturated carbocycles. The zero-order valence-electron chi connectivity index (χ0n) is 19.9. The average molecular weight is 525 g/mol. The van der Waals surface area contributed by atoms with Crippen molar-refractivity contribution in [3.05, 3.63) is 83.9 Å². The summed E-state index contributed by atoms with van der Waals surface area (Å²) in [5.41, 5.74) is 3.56. The van der Waals surface area contributed by atoms with E-state index < -0.39 is 28.4 Å². The lowest BCUT2D eigenvalue weighted by Gasteiger charge is -2.24. The molecule has 3 aromatic rings. The largest absolute Gasteiger partial charge is 0.497 e. The smallest absolute Gasteiger partial charge is 0.335 e. The van der Waals surface area contributed by atoms with Crippen molar-refractivity contribution in [1.29, 1.82) is 0 Å². The number of carboxylic acid groups (broad SMARTS) is 1.